The number of benzene rings is 1. The third-order valence-electron chi connectivity index (χ3n) is 5.44. The lowest BCUT2D eigenvalue weighted by molar-refractivity contribution is -0.131. The van der Waals surface area contributed by atoms with Crippen LogP contribution in [0.2, 0.25) is 0 Å². The smallest absolute Gasteiger partial charge is 0.224 e. The molecule has 1 amide bonds. The molecule has 8 nitrogen and oxygen atoms in total. The Labute approximate surface area is 190 Å². The number of hydrogen-bond donors (Lipinski definition) is 3. The minimum absolute atomic E-state index is 0.147. The maximum absolute atomic E-state index is 12.6. The molecule has 0 aliphatic carbocycles. The molecule has 0 radical (unpaired) electrons. The number of hydrogen-bond acceptors (Lipinski definition) is 5. The summed E-state index contributed by atoms with van der Waals surface area (Å²) in [7, 11) is 0. The van der Waals surface area contributed by atoms with E-state index in [2.05, 4.69) is 25.5 Å². The highest BCUT2D eigenvalue weighted by atomic mass is 16.3. The first kappa shape index (κ1) is 23.5. The molecule has 0 spiro atoms. The van der Waals surface area contributed by atoms with E-state index in [-0.39, 0.29) is 5.91 Å². The molecule has 8 heteroatoms. The van der Waals surface area contributed by atoms with Crippen LogP contribution in [0.4, 0.5) is 5.82 Å². The third-order valence-corrected chi connectivity index (χ3v) is 5.44. The summed E-state index contributed by atoms with van der Waals surface area (Å²) in [6.45, 7) is 6.76. The lowest BCUT2D eigenvalue weighted by Gasteiger charge is -2.35. The first-order valence-corrected chi connectivity index (χ1v) is 11.4. The van der Waals surface area contributed by atoms with Crippen molar-refractivity contribution in [3.63, 3.8) is 0 Å². The highest BCUT2D eigenvalue weighted by molar-refractivity contribution is 5.81. The number of aliphatic hydroxyl groups is 1. The number of pyridine rings is 1. The zero-order valence-electron chi connectivity index (χ0n) is 18.8. The summed E-state index contributed by atoms with van der Waals surface area (Å²) in [6.07, 6.45) is 2.22. The normalized spacial score (nSPS) is 15.4. The van der Waals surface area contributed by atoms with Crippen LogP contribution in [0.5, 0.6) is 0 Å². The number of nitrogens with zero attached hydrogens (tertiary/aromatic N) is 4. The minimum atomic E-state index is -0.533. The number of nitrogens with one attached hydrogen (secondary N) is 2. The van der Waals surface area contributed by atoms with Gasteiger partial charge in [0.1, 0.15) is 5.82 Å². The molecule has 1 saturated heterocycles. The van der Waals surface area contributed by atoms with Crippen LogP contribution in [-0.2, 0) is 4.79 Å². The summed E-state index contributed by atoms with van der Waals surface area (Å²) in [4.78, 5) is 25.6. The number of aromatic nitrogens is 1. The number of guanidine groups is 1. The average Bonchev–Trinajstić information content (AvgIpc) is 2.85. The molecule has 32 heavy (non-hydrogen) atoms. The molecule has 1 aliphatic rings. The predicted molar refractivity (Wildman–Crippen MR) is 128 cm³/mol. The van der Waals surface area contributed by atoms with Crippen molar-refractivity contribution in [3.8, 4) is 0 Å². The largest absolute Gasteiger partial charge is 0.388 e. The SMILES string of the molecule is CCNC(=NCCC(O)c1ccccc1)NCCC(=O)N1CCN(c2ccccn2)CC1. The molecule has 1 fully saturated rings. The van der Waals surface area contributed by atoms with Gasteiger partial charge in [-0.2, -0.15) is 0 Å². The van der Waals surface area contributed by atoms with Crippen LogP contribution < -0.4 is 15.5 Å². The lowest BCUT2D eigenvalue weighted by Crippen LogP contribution is -2.49. The van der Waals surface area contributed by atoms with Gasteiger partial charge in [-0.1, -0.05) is 36.4 Å². The van der Waals surface area contributed by atoms with Crippen LogP contribution in [0.1, 0.15) is 31.4 Å². The van der Waals surface area contributed by atoms with E-state index >= 15 is 0 Å². The summed E-state index contributed by atoms with van der Waals surface area (Å²) in [6, 6.07) is 15.5. The van der Waals surface area contributed by atoms with Crippen molar-refractivity contribution in [1.82, 2.24) is 20.5 Å². The number of anilines is 1. The number of rotatable bonds is 9. The Morgan fingerprint density at radius 2 is 1.84 bits per heavy atom. The number of carbonyl (C=O) groups excluding carboxylic acids is 1. The van der Waals surface area contributed by atoms with E-state index in [1.54, 1.807) is 6.20 Å². The number of amides is 1. The zero-order chi connectivity index (χ0) is 22.6. The Morgan fingerprint density at radius 1 is 1.09 bits per heavy atom. The standard InChI is InChI=1S/C24H34N6O2/c1-2-25-24(27-14-11-21(31)20-8-4-3-5-9-20)28-15-12-23(32)30-18-16-29(17-19-30)22-10-6-7-13-26-22/h3-10,13,21,31H,2,11-12,14-19H2,1H3,(H2,25,27,28). The molecular formula is C24H34N6O2. The van der Waals surface area contributed by atoms with Gasteiger partial charge in [-0.15, -0.1) is 0 Å². The molecule has 3 rings (SSSR count). The van der Waals surface area contributed by atoms with Gasteiger partial charge in [-0.05, 0) is 31.0 Å². The molecule has 2 heterocycles. The van der Waals surface area contributed by atoms with Crippen LogP contribution in [0.3, 0.4) is 0 Å². The van der Waals surface area contributed by atoms with Gasteiger partial charge in [0.05, 0.1) is 6.10 Å². The Kier molecular flexibility index (Phi) is 9.31. The molecule has 1 aliphatic heterocycles. The minimum Gasteiger partial charge on any atom is -0.388 e. The second-order valence-corrected chi connectivity index (χ2v) is 7.71. The van der Waals surface area contributed by atoms with Gasteiger partial charge >= 0.3 is 0 Å². The molecule has 3 N–H and O–H groups in total. The molecule has 1 aromatic heterocycles. The number of aliphatic imine (C=N–C) groups is 1. The maximum atomic E-state index is 12.6. The van der Waals surface area contributed by atoms with E-state index in [0.717, 1.165) is 31.0 Å². The topological polar surface area (TPSA) is 93.1 Å². The van der Waals surface area contributed by atoms with Gasteiger partial charge in [0.2, 0.25) is 5.91 Å². The van der Waals surface area contributed by atoms with Crippen molar-refractivity contribution in [2.75, 3.05) is 50.7 Å². The third kappa shape index (κ3) is 7.23. The van der Waals surface area contributed by atoms with E-state index in [0.29, 0.717) is 45.0 Å². The zero-order valence-corrected chi connectivity index (χ0v) is 18.8. The predicted octanol–water partition coefficient (Wildman–Crippen LogP) is 1.80. The molecule has 0 saturated carbocycles. The maximum Gasteiger partial charge on any atom is 0.224 e. The second-order valence-electron chi connectivity index (χ2n) is 7.71. The summed E-state index contributed by atoms with van der Waals surface area (Å²) in [5.74, 6) is 1.78. The highest BCUT2D eigenvalue weighted by Crippen LogP contribution is 2.15. The van der Waals surface area contributed by atoms with Gasteiger partial charge < -0.3 is 25.5 Å². The van der Waals surface area contributed by atoms with Crippen molar-refractivity contribution in [3.05, 3.63) is 60.3 Å². The molecule has 1 unspecified atom stereocenters. The number of aliphatic hydroxyl groups excluding tert-OH is 1. The average molecular weight is 439 g/mol. The second kappa shape index (κ2) is 12.7. The van der Waals surface area contributed by atoms with E-state index in [4.69, 9.17) is 0 Å². The van der Waals surface area contributed by atoms with Gasteiger partial charge in [0, 0.05) is 58.4 Å². The molecule has 1 atom stereocenters. The Hall–Kier alpha value is -3.13. The molecular weight excluding hydrogens is 404 g/mol. The highest BCUT2D eigenvalue weighted by Gasteiger charge is 2.21. The van der Waals surface area contributed by atoms with Gasteiger partial charge in [-0.3, -0.25) is 9.79 Å². The van der Waals surface area contributed by atoms with Crippen molar-refractivity contribution < 1.29 is 9.90 Å². The molecule has 1 aromatic carbocycles. The first-order chi connectivity index (χ1) is 15.7. The van der Waals surface area contributed by atoms with E-state index in [9.17, 15) is 9.90 Å². The number of carbonyl (C=O) groups is 1. The first-order valence-electron chi connectivity index (χ1n) is 11.4. The quantitative estimate of drug-likeness (QED) is 0.408. The van der Waals surface area contributed by atoms with Gasteiger partial charge in [0.15, 0.2) is 5.96 Å². The lowest BCUT2D eigenvalue weighted by atomic mass is 10.1. The van der Waals surface area contributed by atoms with Crippen molar-refractivity contribution in [2.24, 2.45) is 4.99 Å². The van der Waals surface area contributed by atoms with Crippen molar-refractivity contribution in [1.29, 1.82) is 0 Å². The van der Waals surface area contributed by atoms with E-state index in [1.807, 2.05) is 60.4 Å². The van der Waals surface area contributed by atoms with Crippen molar-refractivity contribution in [2.45, 2.75) is 25.9 Å². The van der Waals surface area contributed by atoms with Gasteiger partial charge in [0.25, 0.3) is 0 Å². The fourth-order valence-electron chi connectivity index (χ4n) is 3.65. The van der Waals surface area contributed by atoms with E-state index < -0.39 is 6.10 Å². The van der Waals surface area contributed by atoms with Crippen LogP contribution in [0.15, 0.2) is 59.7 Å². The summed E-state index contributed by atoms with van der Waals surface area (Å²) >= 11 is 0. The molecule has 2 aromatic rings. The monoisotopic (exact) mass is 438 g/mol. The Morgan fingerprint density at radius 3 is 2.53 bits per heavy atom. The van der Waals surface area contributed by atoms with Crippen LogP contribution in [0, 0.1) is 0 Å². The summed E-state index contributed by atoms with van der Waals surface area (Å²) < 4.78 is 0. The summed E-state index contributed by atoms with van der Waals surface area (Å²) in [5, 5.41) is 16.7. The van der Waals surface area contributed by atoms with E-state index in [1.165, 1.54) is 0 Å². The van der Waals surface area contributed by atoms with Crippen LogP contribution in [0.25, 0.3) is 0 Å². The molecule has 0 bridgehead atoms. The van der Waals surface area contributed by atoms with Gasteiger partial charge in [-0.25, -0.2) is 4.98 Å². The fraction of sp³-hybridized carbons (Fsp3) is 0.458. The van der Waals surface area contributed by atoms with Crippen LogP contribution in [-0.4, -0.2) is 72.7 Å². The Bertz CT molecular complexity index is 838. The Balaban J connectivity index is 1.38. The molecule has 172 valence electrons. The van der Waals surface area contributed by atoms with Crippen LogP contribution >= 0.6 is 0 Å². The fourth-order valence-corrected chi connectivity index (χ4v) is 3.65. The number of piperazine rings is 1. The van der Waals surface area contributed by atoms with Crippen molar-refractivity contribution >= 4 is 17.7 Å². The summed E-state index contributed by atoms with van der Waals surface area (Å²) in [5.41, 5.74) is 0.898.